The van der Waals surface area contributed by atoms with Crippen LogP contribution in [0, 0.1) is 5.92 Å². The van der Waals surface area contributed by atoms with Crippen LogP contribution >= 0.6 is 0 Å². The van der Waals surface area contributed by atoms with Gasteiger partial charge in [-0.05, 0) is 42.3 Å². The summed E-state index contributed by atoms with van der Waals surface area (Å²) in [6, 6.07) is 12.8. The van der Waals surface area contributed by atoms with Gasteiger partial charge in [0, 0.05) is 50.9 Å². The van der Waals surface area contributed by atoms with E-state index in [1.807, 2.05) is 24.9 Å². The Hall–Kier alpha value is -3.06. The number of ether oxygens (including phenoxy) is 2. The van der Waals surface area contributed by atoms with Crippen molar-refractivity contribution in [1.29, 1.82) is 0 Å². The van der Waals surface area contributed by atoms with E-state index in [1.165, 1.54) is 5.69 Å². The average Bonchev–Trinajstić information content (AvgIpc) is 3.39. The molecule has 0 radical (unpaired) electrons. The van der Waals surface area contributed by atoms with Crippen molar-refractivity contribution in [2.24, 2.45) is 13.0 Å². The van der Waals surface area contributed by atoms with Gasteiger partial charge in [0.1, 0.15) is 11.9 Å². The van der Waals surface area contributed by atoms with Crippen molar-refractivity contribution in [3.63, 3.8) is 0 Å². The average molecular weight is 421 g/mol. The summed E-state index contributed by atoms with van der Waals surface area (Å²) in [5.74, 6) is 1.08. The van der Waals surface area contributed by atoms with Crippen LogP contribution in [0.1, 0.15) is 13.3 Å². The molecule has 2 aliphatic rings. The zero-order valence-corrected chi connectivity index (χ0v) is 18.0. The molecule has 7 heteroatoms. The van der Waals surface area contributed by atoms with E-state index in [-0.39, 0.29) is 17.9 Å². The summed E-state index contributed by atoms with van der Waals surface area (Å²) >= 11 is 0. The zero-order chi connectivity index (χ0) is 21.4. The molecule has 0 saturated carbocycles. The Morgan fingerprint density at radius 3 is 2.65 bits per heavy atom. The molecule has 2 saturated heterocycles. The fourth-order valence-corrected chi connectivity index (χ4v) is 4.42. The van der Waals surface area contributed by atoms with Gasteiger partial charge >= 0.3 is 0 Å². The Balaban J connectivity index is 1.44. The van der Waals surface area contributed by atoms with E-state index in [9.17, 15) is 4.79 Å². The number of nitrogens with zero attached hydrogens (tertiary/aromatic N) is 3. The second kappa shape index (κ2) is 8.23. The zero-order valence-electron chi connectivity index (χ0n) is 18.0. The molecule has 162 valence electrons. The van der Waals surface area contributed by atoms with Crippen molar-refractivity contribution >= 4 is 22.5 Å². The van der Waals surface area contributed by atoms with Crippen LogP contribution in [0.4, 0.5) is 5.69 Å². The Morgan fingerprint density at radius 2 is 1.94 bits per heavy atom. The number of morpholine rings is 1. The van der Waals surface area contributed by atoms with E-state index in [4.69, 9.17) is 9.47 Å². The minimum atomic E-state index is -0.0682. The van der Waals surface area contributed by atoms with Crippen molar-refractivity contribution in [2.75, 3.05) is 37.7 Å². The van der Waals surface area contributed by atoms with Crippen molar-refractivity contribution in [2.45, 2.75) is 19.4 Å². The van der Waals surface area contributed by atoms with Gasteiger partial charge in [0.2, 0.25) is 5.91 Å². The standard InChI is InChI=1S/C24H28N4O3/c1-16(19-13-24(29)25-14-19)31-23-12-18(11-22-21(23)15-27(2)26-22)17-3-5-20(6-4-17)28-7-9-30-10-8-28/h3-6,11-12,15-16,19H,7-10,13-14H2,1-2H3,(H,25,29). The molecule has 3 aromatic rings. The van der Waals surface area contributed by atoms with Crippen LogP contribution in [0.15, 0.2) is 42.6 Å². The second-order valence-corrected chi connectivity index (χ2v) is 8.45. The fourth-order valence-electron chi connectivity index (χ4n) is 4.42. The molecule has 1 amide bonds. The van der Waals surface area contributed by atoms with E-state index in [2.05, 4.69) is 51.7 Å². The molecule has 5 rings (SSSR count). The van der Waals surface area contributed by atoms with Crippen molar-refractivity contribution in [1.82, 2.24) is 15.1 Å². The van der Waals surface area contributed by atoms with Gasteiger partial charge in [-0.1, -0.05) is 12.1 Å². The number of benzene rings is 2. The molecule has 0 bridgehead atoms. The van der Waals surface area contributed by atoms with Gasteiger partial charge in [-0.15, -0.1) is 0 Å². The molecule has 2 aliphatic heterocycles. The number of rotatable bonds is 5. The van der Waals surface area contributed by atoms with Gasteiger partial charge in [0.25, 0.3) is 0 Å². The summed E-state index contributed by atoms with van der Waals surface area (Å²) in [6.45, 7) is 6.11. The molecule has 2 fully saturated rings. The van der Waals surface area contributed by atoms with Crippen LogP contribution in [-0.4, -0.2) is 54.6 Å². The van der Waals surface area contributed by atoms with E-state index >= 15 is 0 Å². The number of fused-ring (bicyclic) bond motifs is 1. The van der Waals surface area contributed by atoms with Gasteiger partial charge in [0.05, 0.1) is 24.1 Å². The van der Waals surface area contributed by atoms with Gasteiger partial charge in [-0.3, -0.25) is 9.48 Å². The Kier molecular flexibility index (Phi) is 5.28. The topological polar surface area (TPSA) is 68.6 Å². The van der Waals surface area contributed by atoms with E-state index in [0.29, 0.717) is 13.0 Å². The lowest BCUT2D eigenvalue weighted by molar-refractivity contribution is -0.119. The maximum atomic E-state index is 11.6. The van der Waals surface area contributed by atoms with E-state index in [1.54, 1.807) is 0 Å². The molecule has 0 spiro atoms. The predicted octanol–water partition coefficient (Wildman–Crippen LogP) is 2.98. The number of anilines is 1. The van der Waals surface area contributed by atoms with E-state index < -0.39 is 0 Å². The third-order valence-corrected chi connectivity index (χ3v) is 6.26. The summed E-state index contributed by atoms with van der Waals surface area (Å²) in [5.41, 5.74) is 4.32. The molecule has 3 heterocycles. The molecule has 1 N–H and O–H groups in total. The first kappa shape index (κ1) is 19.9. The highest BCUT2D eigenvalue weighted by Crippen LogP contribution is 2.34. The van der Waals surface area contributed by atoms with Crippen LogP contribution in [0.5, 0.6) is 5.75 Å². The minimum absolute atomic E-state index is 0.0682. The maximum absolute atomic E-state index is 11.6. The maximum Gasteiger partial charge on any atom is 0.220 e. The number of aryl methyl sites for hydroxylation is 1. The van der Waals surface area contributed by atoms with Gasteiger partial charge in [0.15, 0.2) is 0 Å². The summed E-state index contributed by atoms with van der Waals surface area (Å²) in [4.78, 5) is 14.0. The molecule has 0 aliphatic carbocycles. The first-order chi connectivity index (χ1) is 15.1. The number of hydrogen-bond donors (Lipinski definition) is 1. The van der Waals surface area contributed by atoms with Crippen LogP contribution in [0.2, 0.25) is 0 Å². The largest absolute Gasteiger partial charge is 0.490 e. The third kappa shape index (κ3) is 4.10. The van der Waals surface area contributed by atoms with Gasteiger partial charge in [-0.25, -0.2) is 0 Å². The van der Waals surface area contributed by atoms with Crippen molar-refractivity contribution in [3.8, 4) is 16.9 Å². The number of aromatic nitrogens is 2. The Bertz CT molecular complexity index is 1090. The number of carbonyl (C=O) groups is 1. The smallest absolute Gasteiger partial charge is 0.220 e. The second-order valence-electron chi connectivity index (χ2n) is 8.45. The lowest BCUT2D eigenvalue weighted by atomic mass is 10.0. The summed E-state index contributed by atoms with van der Waals surface area (Å²) in [6.07, 6.45) is 2.43. The van der Waals surface area contributed by atoms with Gasteiger partial charge < -0.3 is 19.7 Å². The lowest BCUT2D eigenvalue weighted by Gasteiger charge is -2.29. The summed E-state index contributed by atoms with van der Waals surface area (Å²) in [7, 11) is 1.92. The predicted molar refractivity (Wildman–Crippen MR) is 120 cm³/mol. The highest BCUT2D eigenvalue weighted by atomic mass is 16.5. The molecule has 2 aromatic carbocycles. The molecular weight excluding hydrogens is 392 g/mol. The number of nitrogens with one attached hydrogen (secondary N) is 1. The first-order valence-electron chi connectivity index (χ1n) is 10.9. The van der Waals surface area contributed by atoms with Crippen molar-refractivity contribution in [3.05, 3.63) is 42.6 Å². The normalized spacial score (nSPS) is 20.1. The highest BCUT2D eigenvalue weighted by molar-refractivity contribution is 5.90. The first-order valence-corrected chi connectivity index (χ1v) is 10.9. The molecular formula is C24H28N4O3. The number of amides is 1. The minimum Gasteiger partial charge on any atom is -0.490 e. The number of hydrogen-bond acceptors (Lipinski definition) is 5. The molecule has 31 heavy (non-hydrogen) atoms. The molecule has 2 atom stereocenters. The van der Waals surface area contributed by atoms with Crippen LogP contribution in [0.3, 0.4) is 0 Å². The lowest BCUT2D eigenvalue weighted by Crippen LogP contribution is -2.36. The fraction of sp³-hybridized carbons (Fsp3) is 0.417. The SMILES string of the molecule is CC(Oc1cc(-c2ccc(N3CCOCC3)cc2)cc2nn(C)cc12)C1CNC(=O)C1. The van der Waals surface area contributed by atoms with Crippen LogP contribution in [-0.2, 0) is 16.6 Å². The highest BCUT2D eigenvalue weighted by Gasteiger charge is 2.28. The summed E-state index contributed by atoms with van der Waals surface area (Å²) < 4.78 is 13.7. The quantitative estimate of drug-likeness (QED) is 0.687. The van der Waals surface area contributed by atoms with E-state index in [0.717, 1.165) is 54.1 Å². The van der Waals surface area contributed by atoms with Crippen LogP contribution in [0.25, 0.3) is 22.0 Å². The monoisotopic (exact) mass is 420 g/mol. The Labute approximate surface area is 181 Å². The molecule has 2 unspecified atom stereocenters. The Morgan fingerprint density at radius 1 is 1.16 bits per heavy atom. The third-order valence-electron chi connectivity index (χ3n) is 6.26. The number of carbonyl (C=O) groups excluding carboxylic acids is 1. The van der Waals surface area contributed by atoms with Crippen LogP contribution < -0.4 is 15.0 Å². The molecule has 7 nitrogen and oxygen atoms in total. The summed E-state index contributed by atoms with van der Waals surface area (Å²) in [5, 5.41) is 8.50. The van der Waals surface area contributed by atoms with Gasteiger partial charge in [-0.2, -0.15) is 5.10 Å². The van der Waals surface area contributed by atoms with Crippen molar-refractivity contribution < 1.29 is 14.3 Å². The molecule has 1 aromatic heterocycles.